The van der Waals surface area contributed by atoms with Crippen LogP contribution in [0.2, 0.25) is 0 Å². The molecule has 1 unspecified atom stereocenters. The molecule has 4 nitrogen and oxygen atoms in total. The van der Waals surface area contributed by atoms with Gasteiger partial charge in [0.1, 0.15) is 0 Å². The van der Waals surface area contributed by atoms with E-state index in [1.165, 1.54) is 6.07 Å². The van der Waals surface area contributed by atoms with E-state index in [9.17, 15) is 22.8 Å². The van der Waals surface area contributed by atoms with Crippen LogP contribution >= 0.6 is 0 Å². The SMILES string of the molecule is O=C(O)CCC1CCCN(C(=O)CCCc2cccc(C(F)(F)F)c2)C1. The summed E-state index contributed by atoms with van der Waals surface area (Å²) in [6, 6.07) is 5.20. The second-order valence-corrected chi connectivity index (χ2v) is 6.83. The number of benzene rings is 1. The minimum atomic E-state index is -4.36. The molecule has 2 rings (SSSR count). The highest BCUT2D eigenvalue weighted by molar-refractivity contribution is 5.76. The van der Waals surface area contributed by atoms with Gasteiger partial charge in [0.15, 0.2) is 0 Å². The number of nitrogens with zero attached hydrogens (tertiary/aromatic N) is 1. The van der Waals surface area contributed by atoms with Gasteiger partial charge in [-0.3, -0.25) is 9.59 Å². The smallest absolute Gasteiger partial charge is 0.416 e. The Kier molecular flexibility index (Phi) is 7.06. The average molecular weight is 371 g/mol. The Balaban J connectivity index is 1.79. The van der Waals surface area contributed by atoms with Crippen molar-refractivity contribution in [2.24, 2.45) is 5.92 Å². The first-order valence-corrected chi connectivity index (χ1v) is 8.91. The van der Waals surface area contributed by atoms with Crippen molar-refractivity contribution < 1.29 is 27.9 Å². The molecule has 1 atom stereocenters. The predicted octanol–water partition coefficient (Wildman–Crippen LogP) is 4.13. The molecule has 1 aromatic carbocycles. The minimum Gasteiger partial charge on any atom is -0.481 e. The number of aliphatic carboxylic acids is 1. The van der Waals surface area contributed by atoms with Crippen LogP contribution in [0.1, 0.15) is 49.7 Å². The molecule has 7 heteroatoms. The average Bonchev–Trinajstić information content (AvgIpc) is 2.59. The molecular formula is C19H24F3NO3. The first-order valence-electron chi connectivity index (χ1n) is 8.91. The summed E-state index contributed by atoms with van der Waals surface area (Å²) >= 11 is 0. The molecule has 0 bridgehead atoms. The van der Waals surface area contributed by atoms with Crippen molar-refractivity contribution in [1.29, 1.82) is 0 Å². The van der Waals surface area contributed by atoms with Crippen molar-refractivity contribution in [1.82, 2.24) is 4.90 Å². The highest BCUT2D eigenvalue weighted by Gasteiger charge is 2.30. The van der Waals surface area contributed by atoms with E-state index in [1.807, 2.05) is 0 Å². The lowest BCUT2D eigenvalue weighted by molar-refractivity contribution is -0.138. The van der Waals surface area contributed by atoms with Gasteiger partial charge < -0.3 is 10.0 Å². The summed E-state index contributed by atoms with van der Waals surface area (Å²) in [7, 11) is 0. The molecule has 1 N–H and O–H groups in total. The number of carboxylic acid groups (broad SMARTS) is 1. The van der Waals surface area contributed by atoms with Gasteiger partial charge in [-0.1, -0.05) is 18.2 Å². The van der Waals surface area contributed by atoms with Gasteiger partial charge in [0.2, 0.25) is 5.91 Å². The zero-order valence-corrected chi connectivity index (χ0v) is 14.6. The van der Waals surface area contributed by atoms with E-state index in [2.05, 4.69) is 0 Å². The third-order valence-electron chi connectivity index (χ3n) is 4.75. The Morgan fingerprint density at radius 3 is 2.69 bits per heavy atom. The fourth-order valence-corrected chi connectivity index (χ4v) is 3.36. The number of hydrogen-bond acceptors (Lipinski definition) is 2. The predicted molar refractivity (Wildman–Crippen MR) is 90.6 cm³/mol. The number of likely N-dealkylation sites (tertiary alicyclic amines) is 1. The molecule has 0 aliphatic carbocycles. The Morgan fingerprint density at radius 1 is 1.23 bits per heavy atom. The van der Waals surface area contributed by atoms with Crippen LogP contribution in [0, 0.1) is 5.92 Å². The molecule has 1 aliphatic heterocycles. The number of rotatable bonds is 7. The maximum Gasteiger partial charge on any atom is 0.416 e. The van der Waals surface area contributed by atoms with Crippen LogP contribution < -0.4 is 0 Å². The lowest BCUT2D eigenvalue weighted by Gasteiger charge is -2.32. The lowest BCUT2D eigenvalue weighted by atomic mass is 9.93. The van der Waals surface area contributed by atoms with Crippen LogP contribution in [-0.2, 0) is 22.2 Å². The summed E-state index contributed by atoms with van der Waals surface area (Å²) in [5.41, 5.74) is -0.0933. The fourth-order valence-electron chi connectivity index (χ4n) is 3.36. The van der Waals surface area contributed by atoms with E-state index < -0.39 is 17.7 Å². The maximum atomic E-state index is 12.7. The van der Waals surface area contributed by atoms with E-state index in [1.54, 1.807) is 11.0 Å². The van der Waals surface area contributed by atoms with E-state index in [-0.39, 0.29) is 18.2 Å². The number of alkyl halides is 3. The van der Waals surface area contributed by atoms with Gasteiger partial charge in [-0.15, -0.1) is 0 Å². The van der Waals surface area contributed by atoms with Crippen molar-refractivity contribution in [2.45, 2.75) is 51.1 Å². The summed E-state index contributed by atoms with van der Waals surface area (Å²) in [5, 5.41) is 8.76. The van der Waals surface area contributed by atoms with E-state index in [4.69, 9.17) is 5.11 Å². The zero-order chi connectivity index (χ0) is 19.2. The number of carboxylic acids is 1. The summed E-state index contributed by atoms with van der Waals surface area (Å²) in [4.78, 5) is 24.8. The van der Waals surface area contributed by atoms with Gasteiger partial charge in [0, 0.05) is 25.9 Å². The van der Waals surface area contributed by atoms with Gasteiger partial charge in [-0.25, -0.2) is 0 Å². The summed E-state index contributed by atoms with van der Waals surface area (Å²) in [5.74, 6) is -0.612. The van der Waals surface area contributed by atoms with Crippen LogP contribution in [0.3, 0.4) is 0 Å². The Hall–Kier alpha value is -2.05. The summed E-state index contributed by atoms with van der Waals surface area (Å²) in [6.07, 6.45) is -0.661. The van der Waals surface area contributed by atoms with Crippen molar-refractivity contribution in [3.05, 3.63) is 35.4 Å². The van der Waals surface area contributed by atoms with Crippen molar-refractivity contribution in [3.63, 3.8) is 0 Å². The monoisotopic (exact) mass is 371 g/mol. The molecule has 0 aromatic heterocycles. The van der Waals surface area contributed by atoms with Crippen LogP contribution in [0.4, 0.5) is 13.2 Å². The lowest BCUT2D eigenvalue weighted by Crippen LogP contribution is -2.40. The highest BCUT2D eigenvalue weighted by Crippen LogP contribution is 2.30. The molecule has 0 saturated carbocycles. The highest BCUT2D eigenvalue weighted by atomic mass is 19.4. The first-order chi connectivity index (χ1) is 12.3. The Morgan fingerprint density at radius 2 is 2.00 bits per heavy atom. The second kappa shape index (κ2) is 9.05. The Bertz CT molecular complexity index is 631. The van der Waals surface area contributed by atoms with E-state index in [0.29, 0.717) is 44.3 Å². The van der Waals surface area contributed by atoms with Crippen LogP contribution in [0.25, 0.3) is 0 Å². The summed E-state index contributed by atoms with van der Waals surface area (Å²) in [6.45, 7) is 1.25. The van der Waals surface area contributed by atoms with Crippen molar-refractivity contribution in [2.75, 3.05) is 13.1 Å². The van der Waals surface area contributed by atoms with Gasteiger partial charge >= 0.3 is 12.1 Å². The zero-order valence-electron chi connectivity index (χ0n) is 14.6. The molecule has 1 heterocycles. The molecule has 1 amide bonds. The third-order valence-corrected chi connectivity index (χ3v) is 4.75. The molecule has 1 aliphatic rings. The summed E-state index contributed by atoms with van der Waals surface area (Å²) < 4.78 is 38.1. The number of halogens is 3. The minimum absolute atomic E-state index is 0.00278. The molecular weight excluding hydrogens is 347 g/mol. The number of aryl methyl sites for hydroxylation is 1. The van der Waals surface area contributed by atoms with Crippen molar-refractivity contribution in [3.8, 4) is 0 Å². The maximum absolute atomic E-state index is 12.7. The molecule has 144 valence electrons. The largest absolute Gasteiger partial charge is 0.481 e. The van der Waals surface area contributed by atoms with Gasteiger partial charge in [-0.2, -0.15) is 13.2 Å². The second-order valence-electron chi connectivity index (χ2n) is 6.83. The van der Waals surface area contributed by atoms with Gasteiger partial charge in [-0.05, 0) is 49.7 Å². The molecule has 0 spiro atoms. The van der Waals surface area contributed by atoms with Crippen molar-refractivity contribution >= 4 is 11.9 Å². The van der Waals surface area contributed by atoms with E-state index in [0.717, 1.165) is 25.0 Å². The first kappa shape index (κ1) is 20.3. The topological polar surface area (TPSA) is 57.6 Å². The normalized spacial score (nSPS) is 18.0. The number of hydrogen-bond donors (Lipinski definition) is 1. The van der Waals surface area contributed by atoms with E-state index >= 15 is 0 Å². The molecule has 26 heavy (non-hydrogen) atoms. The molecule has 0 radical (unpaired) electrons. The van der Waals surface area contributed by atoms with Crippen LogP contribution in [0.15, 0.2) is 24.3 Å². The third kappa shape index (κ3) is 6.35. The van der Waals surface area contributed by atoms with Crippen LogP contribution in [0.5, 0.6) is 0 Å². The number of amides is 1. The van der Waals surface area contributed by atoms with Gasteiger partial charge in [0.05, 0.1) is 5.56 Å². The number of carbonyl (C=O) groups is 2. The fraction of sp³-hybridized carbons (Fsp3) is 0.579. The standard InChI is InChI=1S/C19H24F3NO3/c20-19(21,22)16-7-1-4-14(12-16)5-2-8-17(24)23-11-3-6-15(13-23)9-10-18(25)26/h1,4,7,12,15H,2-3,5-6,8-11,13H2,(H,25,26). The van der Waals surface area contributed by atoms with Gasteiger partial charge in [0.25, 0.3) is 0 Å². The molecule has 1 fully saturated rings. The quantitative estimate of drug-likeness (QED) is 0.784. The Labute approximate surface area is 151 Å². The molecule has 1 saturated heterocycles. The van der Waals surface area contributed by atoms with Crippen LogP contribution in [-0.4, -0.2) is 35.0 Å². The number of piperidine rings is 1. The molecule has 1 aromatic rings. The number of carbonyl (C=O) groups excluding carboxylic acids is 1.